The number of ether oxygens (including phenoxy) is 2. The van der Waals surface area contributed by atoms with Crippen LogP contribution in [0.3, 0.4) is 0 Å². The zero-order valence-electron chi connectivity index (χ0n) is 21.5. The maximum absolute atomic E-state index is 13.4. The number of carbonyl (C=O) groups is 2. The number of carbonyl (C=O) groups excluding carboxylic acids is 2. The second-order valence-corrected chi connectivity index (χ2v) is 10.4. The van der Waals surface area contributed by atoms with Gasteiger partial charge >= 0.3 is 0 Å². The highest BCUT2D eigenvalue weighted by Crippen LogP contribution is 2.43. The molecule has 3 aliphatic rings. The van der Waals surface area contributed by atoms with E-state index in [0.29, 0.717) is 29.1 Å². The largest absolute Gasteiger partial charge is 0.489 e. The van der Waals surface area contributed by atoms with Gasteiger partial charge in [0.2, 0.25) is 5.82 Å². The van der Waals surface area contributed by atoms with Crippen molar-refractivity contribution in [1.82, 2.24) is 20.5 Å². The molecule has 2 N–H and O–H groups in total. The zero-order valence-corrected chi connectivity index (χ0v) is 21.5. The van der Waals surface area contributed by atoms with E-state index < -0.39 is 11.9 Å². The maximum Gasteiger partial charge on any atom is 0.291 e. The molecule has 38 heavy (non-hydrogen) atoms. The van der Waals surface area contributed by atoms with E-state index in [1.807, 2.05) is 42.5 Å². The molecule has 2 amide bonds. The molecule has 4 heterocycles. The lowest BCUT2D eigenvalue weighted by atomic mass is 9.80. The van der Waals surface area contributed by atoms with Crippen LogP contribution in [0.4, 0.5) is 11.4 Å². The number of H-pyrrole nitrogens is 1. The predicted molar refractivity (Wildman–Crippen MR) is 142 cm³/mol. The summed E-state index contributed by atoms with van der Waals surface area (Å²) >= 11 is 0. The van der Waals surface area contributed by atoms with Gasteiger partial charge in [0, 0.05) is 45.5 Å². The number of anilines is 2. The molecule has 0 radical (unpaired) electrons. The first-order chi connectivity index (χ1) is 18.5. The number of fused-ring (bicyclic) bond motifs is 1. The second kappa shape index (κ2) is 10.1. The van der Waals surface area contributed by atoms with E-state index >= 15 is 0 Å². The van der Waals surface area contributed by atoms with Gasteiger partial charge in [0.15, 0.2) is 0 Å². The molecule has 2 aromatic carbocycles. The molecule has 3 aliphatic heterocycles. The topological polar surface area (TPSA) is 113 Å². The summed E-state index contributed by atoms with van der Waals surface area (Å²) in [5.41, 5.74) is 3.14. The van der Waals surface area contributed by atoms with Crippen molar-refractivity contribution in [2.75, 3.05) is 49.8 Å². The first kappa shape index (κ1) is 24.4. The molecular formula is C28H32N6O4. The smallest absolute Gasteiger partial charge is 0.291 e. The Morgan fingerprint density at radius 1 is 1.16 bits per heavy atom. The summed E-state index contributed by atoms with van der Waals surface area (Å²) in [7, 11) is 1.72. The van der Waals surface area contributed by atoms with E-state index in [2.05, 4.69) is 31.5 Å². The summed E-state index contributed by atoms with van der Waals surface area (Å²) < 4.78 is 11.6. The van der Waals surface area contributed by atoms with Crippen molar-refractivity contribution in [3.05, 3.63) is 65.7 Å². The third-order valence-corrected chi connectivity index (χ3v) is 7.95. The number of hydrogen-bond donors (Lipinski definition) is 2. The van der Waals surface area contributed by atoms with E-state index in [0.717, 1.165) is 56.8 Å². The summed E-state index contributed by atoms with van der Waals surface area (Å²) in [5, 5.41) is 9.62. The van der Waals surface area contributed by atoms with Crippen molar-refractivity contribution in [1.29, 1.82) is 0 Å². The van der Waals surface area contributed by atoms with Crippen molar-refractivity contribution < 1.29 is 19.1 Å². The minimum Gasteiger partial charge on any atom is -0.489 e. The number of aromatic amines is 1. The minimum atomic E-state index is -0.864. The lowest BCUT2D eigenvalue weighted by molar-refractivity contribution is -0.120. The van der Waals surface area contributed by atoms with Crippen LogP contribution in [0.5, 0.6) is 5.75 Å². The molecular weight excluding hydrogens is 484 g/mol. The van der Waals surface area contributed by atoms with Gasteiger partial charge in [-0.05, 0) is 48.4 Å². The Kier molecular flexibility index (Phi) is 6.49. The predicted octanol–water partition coefficient (Wildman–Crippen LogP) is 2.56. The number of amides is 2. The number of nitrogens with zero attached hydrogens (tertiary/aromatic N) is 4. The molecule has 1 spiro atoms. The lowest BCUT2D eigenvalue weighted by Gasteiger charge is -2.33. The molecule has 198 valence electrons. The average molecular weight is 517 g/mol. The van der Waals surface area contributed by atoms with Crippen molar-refractivity contribution in [2.24, 2.45) is 5.41 Å². The van der Waals surface area contributed by atoms with Gasteiger partial charge in [-0.2, -0.15) is 0 Å². The molecule has 0 saturated carbocycles. The van der Waals surface area contributed by atoms with Crippen LogP contribution in [0.15, 0.2) is 48.5 Å². The minimum absolute atomic E-state index is 0.00786. The van der Waals surface area contributed by atoms with Gasteiger partial charge < -0.3 is 24.6 Å². The van der Waals surface area contributed by atoms with Gasteiger partial charge in [0.1, 0.15) is 24.2 Å². The van der Waals surface area contributed by atoms with Gasteiger partial charge in [-0.25, -0.2) is 4.98 Å². The number of aromatic nitrogens is 3. The number of rotatable bonds is 5. The first-order valence-electron chi connectivity index (χ1n) is 13.1. The molecule has 3 aromatic rings. The van der Waals surface area contributed by atoms with E-state index in [1.165, 1.54) is 0 Å². The van der Waals surface area contributed by atoms with Crippen molar-refractivity contribution >= 4 is 23.2 Å². The first-order valence-corrected chi connectivity index (χ1v) is 13.1. The van der Waals surface area contributed by atoms with Crippen LogP contribution in [0.25, 0.3) is 0 Å². The van der Waals surface area contributed by atoms with Crippen LogP contribution < -0.4 is 19.9 Å². The molecule has 2 saturated heterocycles. The Bertz CT molecular complexity index is 1320. The normalized spacial score (nSPS) is 20.7. The van der Waals surface area contributed by atoms with Gasteiger partial charge in [-0.15, -0.1) is 5.10 Å². The fourth-order valence-corrected chi connectivity index (χ4v) is 5.64. The standard InChI is InChI=1S/C28H32N6O4/c1-33-22-16-20(34-12-9-28(18-34)10-13-37-14-11-28)7-8-23(22)38-17-21(27(33)36)29-26(35)25-30-24(31-32-25)15-19-5-3-2-4-6-19/h2-8,16,21H,9-15,17-18H2,1H3,(H,29,35)(H,30,31,32)/t21-/m0/s1. The molecule has 0 aliphatic carbocycles. The van der Waals surface area contributed by atoms with Crippen LogP contribution in [0.2, 0.25) is 0 Å². The monoisotopic (exact) mass is 516 g/mol. The van der Waals surface area contributed by atoms with E-state index in [1.54, 1.807) is 11.9 Å². The Morgan fingerprint density at radius 2 is 1.97 bits per heavy atom. The van der Waals surface area contributed by atoms with Crippen LogP contribution in [0.1, 0.15) is 41.3 Å². The van der Waals surface area contributed by atoms with Crippen molar-refractivity contribution in [2.45, 2.75) is 31.7 Å². The van der Waals surface area contributed by atoms with Gasteiger partial charge in [-0.1, -0.05) is 30.3 Å². The molecule has 2 fully saturated rings. The summed E-state index contributed by atoms with van der Waals surface area (Å²) in [6.45, 7) is 3.67. The number of hydrogen-bond acceptors (Lipinski definition) is 7. The molecule has 10 nitrogen and oxygen atoms in total. The van der Waals surface area contributed by atoms with E-state index in [4.69, 9.17) is 9.47 Å². The Hall–Kier alpha value is -3.92. The molecule has 10 heteroatoms. The highest BCUT2D eigenvalue weighted by atomic mass is 16.5. The summed E-state index contributed by atoms with van der Waals surface area (Å²) in [6, 6.07) is 14.9. The molecule has 6 rings (SSSR count). The highest BCUT2D eigenvalue weighted by molar-refractivity contribution is 6.02. The zero-order chi connectivity index (χ0) is 26.1. The lowest BCUT2D eigenvalue weighted by Crippen LogP contribution is -2.49. The Balaban J connectivity index is 1.12. The molecule has 1 aromatic heterocycles. The summed E-state index contributed by atoms with van der Waals surface area (Å²) in [5.74, 6) is 0.403. The van der Waals surface area contributed by atoms with E-state index in [-0.39, 0.29) is 18.3 Å². The van der Waals surface area contributed by atoms with Crippen LogP contribution in [-0.4, -0.2) is 73.0 Å². The quantitative estimate of drug-likeness (QED) is 0.536. The maximum atomic E-state index is 13.4. The number of likely N-dealkylation sites (N-methyl/N-ethyl adjacent to an activating group) is 1. The SMILES string of the molecule is CN1C(=O)[C@@H](NC(=O)c2n[nH]c(Cc3ccccc3)n2)COc2ccc(N3CCC4(CCOCC4)C3)cc21. The fourth-order valence-electron chi connectivity index (χ4n) is 5.64. The van der Waals surface area contributed by atoms with Crippen LogP contribution in [0, 0.1) is 5.41 Å². The Labute approximate surface area is 221 Å². The van der Waals surface area contributed by atoms with Crippen LogP contribution >= 0.6 is 0 Å². The van der Waals surface area contributed by atoms with Gasteiger partial charge in [-0.3, -0.25) is 14.7 Å². The number of nitrogens with one attached hydrogen (secondary N) is 2. The second-order valence-electron chi connectivity index (χ2n) is 10.4. The van der Waals surface area contributed by atoms with Gasteiger partial charge in [0.25, 0.3) is 11.8 Å². The molecule has 0 bridgehead atoms. The van der Waals surface area contributed by atoms with Crippen molar-refractivity contribution in [3.63, 3.8) is 0 Å². The fraction of sp³-hybridized carbons (Fsp3) is 0.429. The highest BCUT2D eigenvalue weighted by Gasteiger charge is 2.40. The summed E-state index contributed by atoms with van der Waals surface area (Å²) in [4.78, 5) is 34.5. The molecule has 0 unspecified atom stereocenters. The van der Waals surface area contributed by atoms with E-state index in [9.17, 15) is 9.59 Å². The molecule has 1 atom stereocenters. The number of benzene rings is 2. The Morgan fingerprint density at radius 3 is 2.79 bits per heavy atom. The summed E-state index contributed by atoms with van der Waals surface area (Å²) in [6.07, 6.45) is 3.87. The van der Waals surface area contributed by atoms with Gasteiger partial charge in [0.05, 0.1) is 5.69 Å². The van der Waals surface area contributed by atoms with Crippen molar-refractivity contribution in [3.8, 4) is 5.75 Å². The van der Waals surface area contributed by atoms with Crippen LogP contribution in [-0.2, 0) is 16.0 Å². The average Bonchev–Trinajstić information content (AvgIpc) is 3.56. The third-order valence-electron chi connectivity index (χ3n) is 7.95. The third kappa shape index (κ3) is 4.83.